The molecule has 0 aliphatic carbocycles. The average molecular weight is 397 g/mol. The Morgan fingerprint density at radius 2 is 1.71 bits per heavy atom. The van der Waals surface area contributed by atoms with Crippen LogP contribution in [0.2, 0.25) is 0 Å². The van der Waals surface area contributed by atoms with E-state index in [1.54, 1.807) is 18.2 Å². The largest absolute Gasteiger partial charge is 0.435 e. The zero-order chi connectivity index (χ0) is 20.7. The molecule has 1 amide bonds. The van der Waals surface area contributed by atoms with Crippen LogP contribution in [0.4, 0.5) is 23.2 Å². The van der Waals surface area contributed by atoms with Crippen LogP contribution in [-0.2, 0) is 4.79 Å². The highest BCUT2D eigenvalue weighted by molar-refractivity contribution is 6.03. The number of nitrogens with one attached hydrogen (secondary N) is 1. The second kappa shape index (κ2) is 9.54. The number of carbonyl (C=O) groups is 2. The first-order valence-electron chi connectivity index (χ1n) is 7.88. The summed E-state index contributed by atoms with van der Waals surface area (Å²) in [7, 11) is 0. The maximum Gasteiger partial charge on any atom is 0.387 e. The Morgan fingerprint density at radius 3 is 2.36 bits per heavy atom. The molecule has 1 N–H and O–H groups in total. The van der Waals surface area contributed by atoms with E-state index in [1.165, 1.54) is 25.1 Å². The number of anilines is 1. The number of hydrogen-bond donors (Lipinski definition) is 1. The van der Waals surface area contributed by atoms with Gasteiger partial charge in [0.15, 0.2) is 5.78 Å². The first-order chi connectivity index (χ1) is 13.2. The van der Waals surface area contributed by atoms with Gasteiger partial charge in [0.05, 0.1) is 0 Å². The van der Waals surface area contributed by atoms with E-state index in [9.17, 15) is 27.2 Å². The molecule has 28 heavy (non-hydrogen) atoms. The molecule has 0 saturated heterocycles. The highest BCUT2D eigenvalue weighted by Gasteiger charge is 2.12. The number of Topliss-reactive ketones (excluding diaryl/α,β-unsaturated/α-hetero) is 1. The number of alkyl halides is 4. The summed E-state index contributed by atoms with van der Waals surface area (Å²) in [5, 5.41) is 2.51. The Morgan fingerprint density at radius 1 is 1.00 bits per heavy atom. The average Bonchev–Trinajstić information content (AvgIpc) is 2.60. The van der Waals surface area contributed by atoms with Gasteiger partial charge < -0.3 is 14.8 Å². The molecule has 0 aliphatic rings. The molecule has 0 saturated carbocycles. The van der Waals surface area contributed by atoms with Crippen LogP contribution in [0.5, 0.6) is 11.5 Å². The molecule has 0 bridgehead atoms. The summed E-state index contributed by atoms with van der Waals surface area (Å²) in [6, 6.07) is 9.41. The van der Waals surface area contributed by atoms with E-state index in [2.05, 4.69) is 14.8 Å². The van der Waals surface area contributed by atoms with E-state index < -0.39 is 24.9 Å². The molecule has 9 heteroatoms. The molecular weight excluding hydrogens is 382 g/mol. The second-order valence-corrected chi connectivity index (χ2v) is 5.42. The third-order valence-electron chi connectivity index (χ3n) is 3.38. The number of rotatable bonds is 8. The van der Waals surface area contributed by atoms with E-state index in [-0.39, 0.29) is 17.1 Å². The van der Waals surface area contributed by atoms with Gasteiger partial charge in [-0.15, -0.1) is 0 Å². The molecule has 0 unspecified atom stereocenters. The molecule has 0 aromatic heterocycles. The number of benzene rings is 2. The lowest BCUT2D eigenvalue weighted by molar-refractivity contribution is -0.111. The molecule has 148 valence electrons. The van der Waals surface area contributed by atoms with Crippen LogP contribution in [0.3, 0.4) is 0 Å². The van der Waals surface area contributed by atoms with Crippen LogP contribution in [0.1, 0.15) is 22.8 Å². The van der Waals surface area contributed by atoms with Gasteiger partial charge in [0.25, 0.3) is 0 Å². The third-order valence-corrected chi connectivity index (χ3v) is 3.38. The fraction of sp³-hybridized carbons (Fsp3) is 0.158. The fourth-order valence-electron chi connectivity index (χ4n) is 2.19. The molecular formula is C19H15F4NO4. The first kappa shape index (κ1) is 20.9. The van der Waals surface area contributed by atoms with Gasteiger partial charge >= 0.3 is 13.2 Å². The van der Waals surface area contributed by atoms with E-state index in [1.807, 2.05) is 0 Å². The smallest absolute Gasteiger partial charge is 0.387 e. The van der Waals surface area contributed by atoms with Crippen molar-refractivity contribution in [2.45, 2.75) is 20.1 Å². The number of halogens is 4. The monoisotopic (exact) mass is 397 g/mol. The van der Waals surface area contributed by atoms with Crippen molar-refractivity contribution in [1.29, 1.82) is 0 Å². The van der Waals surface area contributed by atoms with Crippen LogP contribution in [-0.4, -0.2) is 24.9 Å². The Balaban J connectivity index is 2.16. The van der Waals surface area contributed by atoms with Crippen molar-refractivity contribution in [2.75, 3.05) is 5.32 Å². The number of amides is 1. The molecule has 0 heterocycles. The SMILES string of the molecule is CC(=O)c1cccc(NC(=O)/C=C/c2ccc(OC(F)F)cc2OC(F)F)c1. The highest BCUT2D eigenvalue weighted by Crippen LogP contribution is 2.28. The van der Waals surface area contributed by atoms with Crippen LogP contribution in [0.25, 0.3) is 6.08 Å². The molecule has 2 aromatic carbocycles. The predicted molar refractivity (Wildman–Crippen MR) is 93.8 cm³/mol. The summed E-state index contributed by atoms with van der Waals surface area (Å²) in [5.41, 5.74) is 0.825. The quantitative estimate of drug-likeness (QED) is 0.397. The normalized spacial score (nSPS) is 11.1. The molecule has 2 rings (SSSR count). The maximum absolute atomic E-state index is 12.5. The van der Waals surface area contributed by atoms with Crippen LogP contribution < -0.4 is 14.8 Å². The Hall–Kier alpha value is -3.36. The zero-order valence-electron chi connectivity index (χ0n) is 14.5. The molecule has 0 atom stereocenters. The summed E-state index contributed by atoms with van der Waals surface area (Å²) < 4.78 is 58.0. The molecule has 5 nitrogen and oxygen atoms in total. The topological polar surface area (TPSA) is 64.6 Å². The molecule has 2 aromatic rings. The van der Waals surface area contributed by atoms with Gasteiger partial charge in [-0.05, 0) is 37.3 Å². The molecule has 0 fully saturated rings. The van der Waals surface area contributed by atoms with Gasteiger partial charge in [-0.2, -0.15) is 17.6 Å². The van der Waals surface area contributed by atoms with Crippen molar-refractivity contribution in [3.8, 4) is 11.5 Å². The minimum absolute atomic E-state index is 0.0505. The summed E-state index contributed by atoms with van der Waals surface area (Å²) in [6.45, 7) is -4.94. The minimum atomic E-state index is -3.20. The van der Waals surface area contributed by atoms with Gasteiger partial charge in [-0.25, -0.2) is 0 Å². The zero-order valence-corrected chi connectivity index (χ0v) is 14.5. The lowest BCUT2D eigenvalue weighted by Gasteiger charge is -2.11. The fourth-order valence-corrected chi connectivity index (χ4v) is 2.19. The van der Waals surface area contributed by atoms with E-state index in [0.29, 0.717) is 11.3 Å². The van der Waals surface area contributed by atoms with Gasteiger partial charge in [0, 0.05) is 29.0 Å². The minimum Gasteiger partial charge on any atom is -0.435 e. The Bertz CT molecular complexity index is 884. The standard InChI is InChI=1S/C19H15F4NO4/c1-11(25)13-3-2-4-14(9-13)24-17(26)8-6-12-5-7-15(27-18(20)21)10-16(12)28-19(22)23/h2-10,18-19H,1H3,(H,24,26)/b8-6+. The van der Waals surface area contributed by atoms with Crippen molar-refractivity contribution >= 4 is 23.5 Å². The predicted octanol–water partition coefficient (Wildman–Crippen LogP) is 4.74. The Kier molecular flexibility index (Phi) is 7.14. The highest BCUT2D eigenvalue weighted by atomic mass is 19.3. The van der Waals surface area contributed by atoms with Gasteiger partial charge in [-0.3, -0.25) is 9.59 Å². The van der Waals surface area contributed by atoms with Crippen molar-refractivity contribution in [3.63, 3.8) is 0 Å². The molecule has 0 spiro atoms. The third kappa shape index (κ3) is 6.42. The number of carbonyl (C=O) groups excluding carboxylic acids is 2. The van der Waals surface area contributed by atoms with E-state index in [0.717, 1.165) is 18.2 Å². The molecule has 0 aliphatic heterocycles. The maximum atomic E-state index is 12.5. The van der Waals surface area contributed by atoms with Crippen molar-refractivity contribution in [3.05, 3.63) is 59.7 Å². The summed E-state index contributed by atoms with van der Waals surface area (Å²) in [5.74, 6) is -1.58. The van der Waals surface area contributed by atoms with Crippen molar-refractivity contribution in [2.24, 2.45) is 0 Å². The number of ketones is 1. The summed E-state index contributed by atoms with van der Waals surface area (Å²) in [6.07, 6.45) is 2.22. The van der Waals surface area contributed by atoms with Crippen LogP contribution in [0.15, 0.2) is 48.5 Å². The molecule has 0 radical (unpaired) electrons. The first-order valence-corrected chi connectivity index (χ1v) is 7.88. The Labute approximate surface area is 157 Å². The second-order valence-electron chi connectivity index (χ2n) is 5.42. The van der Waals surface area contributed by atoms with Gasteiger partial charge in [0.2, 0.25) is 5.91 Å². The summed E-state index contributed by atoms with van der Waals surface area (Å²) in [4.78, 5) is 23.4. The van der Waals surface area contributed by atoms with Crippen molar-refractivity contribution < 1.29 is 36.6 Å². The lowest BCUT2D eigenvalue weighted by atomic mass is 10.1. The van der Waals surface area contributed by atoms with E-state index in [4.69, 9.17) is 0 Å². The number of hydrogen-bond acceptors (Lipinski definition) is 4. The summed E-state index contributed by atoms with van der Waals surface area (Å²) >= 11 is 0. The van der Waals surface area contributed by atoms with E-state index >= 15 is 0 Å². The van der Waals surface area contributed by atoms with Gasteiger partial charge in [0.1, 0.15) is 11.5 Å². The number of ether oxygens (including phenoxy) is 2. The van der Waals surface area contributed by atoms with Crippen LogP contribution >= 0.6 is 0 Å². The lowest BCUT2D eigenvalue weighted by Crippen LogP contribution is -2.09. The van der Waals surface area contributed by atoms with Crippen molar-refractivity contribution in [1.82, 2.24) is 0 Å². The van der Waals surface area contributed by atoms with Gasteiger partial charge in [-0.1, -0.05) is 12.1 Å². The van der Waals surface area contributed by atoms with Crippen LogP contribution in [0, 0.1) is 0 Å².